The van der Waals surface area contributed by atoms with Crippen LogP contribution in [0.5, 0.6) is 5.75 Å². The standard InChI is InChI=1S/C26H26FNO4/c1-4-32-26(30)23-15(2)28-21-13-17(16-8-7-9-18(12-16)31-3)14-22(29)25(21)24(23)19-10-5-6-11-20(19)27/h5-12,17,24,28H,4,13-14H2,1-3H3. The van der Waals surface area contributed by atoms with E-state index in [0.29, 0.717) is 23.3 Å². The first-order chi connectivity index (χ1) is 15.4. The van der Waals surface area contributed by atoms with Crippen molar-refractivity contribution in [3.05, 3.63) is 88.0 Å². The van der Waals surface area contributed by atoms with Crippen molar-refractivity contribution < 1.29 is 23.5 Å². The van der Waals surface area contributed by atoms with E-state index in [0.717, 1.165) is 17.0 Å². The van der Waals surface area contributed by atoms with Crippen LogP contribution < -0.4 is 10.1 Å². The maximum absolute atomic E-state index is 14.9. The molecule has 2 aromatic carbocycles. The van der Waals surface area contributed by atoms with Crippen LogP contribution in [0.1, 0.15) is 49.7 Å². The Labute approximate surface area is 186 Å². The molecule has 0 fully saturated rings. The Kier molecular flexibility index (Phi) is 6.12. The minimum absolute atomic E-state index is 0.0398. The van der Waals surface area contributed by atoms with Crippen LogP contribution in [0.3, 0.4) is 0 Å². The third-order valence-electron chi connectivity index (χ3n) is 6.10. The Morgan fingerprint density at radius 3 is 2.66 bits per heavy atom. The third kappa shape index (κ3) is 3.93. The van der Waals surface area contributed by atoms with Gasteiger partial charge in [0.1, 0.15) is 11.6 Å². The highest BCUT2D eigenvalue weighted by atomic mass is 19.1. The van der Waals surface area contributed by atoms with Gasteiger partial charge in [0.25, 0.3) is 0 Å². The number of dihydropyridines is 1. The van der Waals surface area contributed by atoms with Crippen LogP contribution in [0.25, 0.3) is 0 Å². The lowest BCUT2D eigenvalue weighted by Gasteiger charge is -2.36. The van der Waals surface area contributed by atoms with Crippen molar-refractivity contribution in [2.75, 3.05) is 13.7 Å². The van der Waals surface area contributed by atoms with Crippen LogP contribution >= 0.6 is 0 Å². The summed E-state index contributed by atoms with van der Waals surface area (Å²) in [7, 11) is 1.61. The number of halogens is 1. The van der Waals surface area contributed by atoms with Gasteiger partial charge >= 0.3 is 5.97 Å². The molecule has 2 unspecified atom stereocenters. The molecule has 6 heteroatoms. The van der Waals surface area contributed by atoms with Gasteiger partial charge < -0.3 is 14.8 Å². The molecule has 1 aliphatic carbocycles. The lowest BCUT2D eigenvalue weighted by Crippen LogP contribution is -2.36. The number of methoxy groups -OCH3 is 1. The highest BCUT2D eigenvalue weighted by Crippen LogP contribution is 2.46. The van der Waals surface area contributed by atoms with Crippen molar-refractivity contribution in [1.29, 1.82) is 0 Å². The molecule has 0 aromatic heterocycles. The number of nitrogens with one attached hydrogen (secondary N) is 1. The van der Waals surface area contributed by atoms with E-state index in [2.05, 4.69) is 5.32 Å². The number of Topliss-reactive ketones (excluding diaryl/α,β-unsaturated/α-hetero) is 1. The van der Waals surface area contributed by atoms with E-state index in [9.17, 15) is 14.0 Å². The van der Waals surface area contributed by atoms with E-state index in [1.807, 2.05) is 24.3 Å². The molecule has 166 valence electrons. The maximum Gasteiger partial charge on any atom is 0.336 e. The molecule has 2 atom stereocenters. The lowest BCUT2D eigenvalue weighted by atomic mass is 9.71. The molecule has 0 saturated carbocycles. The van der Waals surface area contributed by atoms with Crippen LogP contribution in [0, 0.1) is 5.82 Å². The second-order valence-electron chi connectivity index (χ2n) is 8.04. The fourth-order valence-electron chi connectivity index (χ4n) is 4.67. The van der Waals surface area contributed by atoms with E-state index in [1.165, 1.54) is 6.07 Å². The lowest BCUT2D eigenvalue weighted by molar-refractivity contribution is -0.138. The predicted octanol–water partition coefficient (Wildman–Crippen LogP) is 4.76. The molecule has 2 aliphatic rings. The molecule has 0 amide bonds. The van der Waals surface area contributed by atoms with Crippen molar-refractivity contribution in [2.45, 2.75) is 38.5 Å². The van der Waals surface area contributed by atoms with E-state index >= 15 is 0 Å². The van der Waals surface area contributed by atoms with Crippen LogP contribution in [-0.4, -0.2) is 25.5 Å². The fourth-order valence-corrected chi connectivity index (χ4v) is 4.67. The van der Waals surface area contributed by atoms with Crippen molar-refractivity contribution in [3.8, 4) is 5.75 Å². The summed E-state index contributed by atoms with van der Waals surface area (Å²) in [5.74, 6) is -1.21. The summed E-state index contributed by atoms with van der Waals surface area (Å²) in [5.41, 5.74) is 3.34. The number of carbonyl (C=O) groups excluding carboxylic acids is 2. The third-order valence-corrected chi connectivity index (χ3v) is 6.10. The summed E-state index contributed by atoms with van der Waals surface area (Å²) >= 11 is 0. The fraction of sp³-hybridized carbons (Fsp3) is 0.308. The smallest absolute Gasteiger partial charge is 0.336 e. The second kappa shape index (κ2) is 8.99. The Morgan fingerprint density at radius 2 is 1.94 bits per heavy atom. The first-order valence-corrected chi connectivity index (χ1v) is 10.7. The molecule has 1 N–H and O–H groups in total. The number of hydrogen-bond acceptors (Lipinski definition) is 5. The number of hydrogen-bond donors (Lipinski definition) is 1. The average Bonchev–Trinajstić information content (AvgIpc) is 2.78. The van der Waals surface area contributed by atoms with E-state index in [-0.39, 0.29) is 30.3 Å². The van der Waals surface area contributed by atoms with Gasteiger partial charge in [0.15, 0.2) is 5.78 Å². The van der Waals surface area contributed by atoms with Crippen LogP contribution in [0.2, 0.25) is 0 Å². The van der Waals surface area contributed by atoms with E-state index in [4.69, 9.17) is 9.47 Å². The molecule has 4 rings (SSSR count). The van der Waals surface area contributed by atoms with Gasteiger partial charge in [-0.2, -0.15) is 0 Å². The Morgan fingerprint density at radius 1 is 1.16 bits per heavy atom. The van der Waals surface area contributed by atoms with Crippen molar-refractivity contribution in [2.24, 2.45) is 0 Å². The highest BCUT2D eigenvalue weighted by Gasteiger charge is 2.42. The predicted molar refractivity (Wildman–Crippen MR) is 119 cm³/mol. The van der Waals surface area contributed by atoms with Gasteiger partial charge in [0.05, 0.1) is 25.2 Å². The zero-order chi connectivity index (χ0) is 22.8. The Bertz CT molecular complexity index is 1130. The Hall–Kier alpha value is -3.41. The van der Waals surface area contributed by atoms with E-state index < -0.39 is 17.7 Å². The zero-order valence-electron chi connectivity index (χ0n) is 18.4. The normalized spacial score (nSPS) is 20.6. The second-order valence-corrected chi connectivity index (χ2v) is 8.04. The molecule has 1 heterocycles. The molecular weight excluding hydrogens is 409 g/mol. The van der Waals surface area contributed by atoms with Gasteiger partial charge in [-0.05, 0) is 49.9 Å². The number of ketones is 1. The summed E-state index contributed by atoms with van der Waals surface area (Å²) < 4.78 is 25.5. The van der Waals surface area contributed by atoms with Crippen LogP contribution in [-0.2, 0) is 14.3 Å². The molecule has 0 spiro atoms. The van der Waals surface area contributed by atoms with Crippen molar-refractivity contribution >= 4 is 11.8 Å². The molecule has 2 aromatic rings. The SMILES string of the molecule is CCOC(=O)C1=C(C)NC2=C(C(=O)CC(c3cccc(OC)c3)C2)C1c1ccccc1F. The first-order valence-electron chi connectivity index (χ1n) is 10.7. The van der Waals surface area contributed by atoms with Gasteiger partial charge in [-0.25, -0.2) is 9.18 Å². The number of carbonyl (C=O) groups is 2. The molecule has 0 saturated heterocycles. The van der Waals surface area contributed by atoms with Gasteiger partial charge in [-0.1, -0.05) is 30.3 Å². The first kappa shape index (κ1) is 21.8. The summed E-state index contributed by atoms with van der Waals surface area (Å²) in [5, 5.41) is 3.27. The largest absolute Gasteiger partial charge is 0.497 e. The number of ether oxygens (including phenoxy) is 2. The van der Waals surface area contributed by atoms with Crippen molar-refractivity contribution in [3.63, 3.8) is 0 Å². The molecule has 32 heavy (non-hydrogen) atoms. The summed E-state index contributed by atoms with van der Waals surface area (Å²) in [6.07, 6.45) is 0.848. The number of rotatable bonds is 5. The zero-order valence-corrected chi connectivity index (χ0v) is 18.4. The minimum Gasteiger partial charge on any atom is -0.497 e. The molecule has 0 bridgehead atoms. The Balaban J connectivity index is 1.80. The highest BCUT2D eigenvalue weighted by molar-refractivity contribution is 6.04. The number of benzene rings is 2. The molecule has 1 aliphatic heterocycles. The van der Waals surface area contributed by atoms with Gasteiger partial charge in [0, 0.05) is 29.0 Å². The monoisotopic (exact) mass is 435 g/mol. The summed E-state index contributed by atoms with van der Waals surface area (Å²) in [6, 6.07) is 14.0. The van der Waals surface area contributed by atoms with Gasteiger partial charge in [-0.15, -0.1) is 0 Å². The van der Waals surface area contributed by atoms with Crippen LogP contribution in [0.4, 0.5) is 4.39 Å². The van der Waals surface area contributed by atoms with Crippen LogP contribution in [0.15, 0.2) is 71.1 Å². The van der Waals surface area contributed by atoms with Crippen molar-refractivity contribution in [1.82, 2.24) is 5.32 Å². The van der Waals surface area contributed by atoms with E-state index in [1.54, 1.807) is 39.2 Å². The average molecular weight is 435 g/mol. The maximum atomic E-state index is 14.9. The quantitative estimate of drug-likeness (QED) is 0.686. The summed E-state index contributed by atoms with van der Waals surface area (Å²) in [4.78, 5) is 26.3. The molecule has 0 radical (unpaired) electrons. The number of esters is 1. The van der Waals surface area contributed by atoms with Gasteiger partial charge in [-0.3, -0.25) is 4.79 Å². The molecular formula is C26H26FNO4. The van der Waals surface area contributed by atoms with Gasteiger partial charge in [0.2, 0.25) is 0 Å². The number of allylic oxidation sites excluding steroid dienone is 3. The minimum atomic E-state index is -0.801. The summed E-state index contributed by atoms with van der Waals surface area (Å²) in [6.45, 7) is 3.68. The topological polar surface area (TPSA) is 64.6 Å². The molecule has 5 nitrogen and oxygen atoms in total.